The first-order chi connectivity index (χ1) is 35.5. The van der Waals surface area contributed by atoms with Crippen LogP contribution in [0.1, 0.15) is 297 Å². The van der Waals surface area contributed by atoms with Gasteiger partial charge in [-0.1, -0.05) is 266 Å². The molecule has 6 nitrogen and oxygen atoms in total. The molecule has 0 aliphatic carbocycles. The van der Waals surface area contributed by atoms with E-state index in [1.807, 2.05) is 0 Å². The Morgan fingerprint density at radius 1 is 0.292 bits per heavy atom. The Hall–Kier alpha value is -3.41. The van der Waals surface area contributed by atoms with Gasteiger partial charge in [-0.05, 0) is 96.3 Å². The highest BCUT2D eigenvalue weighted by Crippen LogP contribution is 2.16. The molecule has 1 unspecified atom stereocenters. The van der Waals surface area contributed by atoms with E-state index in [4.69, 9.17) is 14.2 Å². The molecule has 0 amide bonds. The van der Waals surface area contributed by atoms with Gasteiger partial charge in [0.05, 0.1) is 0 Å². The number of carbonyl (C=O) groups excluding carboxylic acids is 3. The maximum Gasteiger partial charge on any atom is 0.306 e. The van der Waals surface area contributed by atoms with Crippen molar-refractivity contribution in [3.63, 3.8) is 0 Å². The van der Waals surface area contributed by atoms with Crippen LogP contribution in [0.15, 0.2) is 85.1 Å². The van der Waals surface area contributed by atoms with E-state index in [9.17, 15) is 14.4 Å². The summed E-state index contributed by atoms with van der Waals surface area (Å²) in [5.74, 6) is -0.887. The first-order valence-electron chi connectivity index (χ1n) is 30.6. The molecular weight excluding hydrogens is 889 g/mol. The van der Waals surface area contributed by atoms with Gasteiger partial charge in [0.2, 0.25) is 0 Å². The Labute approximate surface area is 445 Å². The first kappa shape index (κ1) is 68.6. The Morgan fingerprint density at radius 2 is 0.542 bits per heavy atom. The van der Waals surface area contributed by atoms with Gasteiger partial charge in [-0.2, -0.15) is 0 Å². The van der Waals surface area contributed by atoms with Crippen molar-refractivity contribution in [3.05, 3.63) is 85.1 Å². The molecule has 0 bridgehead atoms. The highest BCUT2D eigenvalue weighted by atomic mass is 16.6. The molecule has 0 spiro atoms. The van der Waals surface area contributed by atoms with Gasteiger partial charge in [0.15, 0.2) is 6.10 Å². The van der Waals surface area contributed by atoms with Gasteiger partial charge in [0, 0.05) is 19.3 Å². The minimum atomic E-state index is -0.781. The fourth-order valence-electron chi connectivity index (χ4n) is 8.56. The summed E-state index contributed by atoms with van der Waals surface area (Å²) in [6.45, 7) is 6.50. The number of esters is 3. The van der Waals surface area contributed by atoms with Crippen molar-refractivity contribution in [2.75, 3.05) is 13.2 Å². The van der Waals surface area contributed by atoms with Crippen molar-refractivity contribution in [3.8, 4) is 0 Å². The molecule has 0 aromatic carbocycles. The molecule has 0 aliphatic heterocycles. The molecule has 72 heavy (non-hydrogen) atoms. The van der Waals surface area contributed by atoms with Crippen LogP contribution in [-0.2, 0) is 28.6 Å². The zero-order valence-electron chi connectivity index (χ0n) is 47.4. The molecule has 0 rings (SSSR count). The van der Waals surface area contributed by atoms with Gasteiger partial charge in [-0.25, -0.2) is 0 Å². The summed E-state index contributed by atoms with van der Waals surface area (Å²) in [4.78, 5) is 38.1. The van der Waals surface area contributed by atoms with Crippen molar-refractivity contribution < 1.29 is 28.6 Å². The van der Waals surface area contributed by atoms with Crippen LogP contribution in [0.5, 0.6) is 0 Å². The van der Waals surface area contributed by atoms with Crippen molar-refractivity contribution >= 4 is 17.9 Å². The van der Waals surface area contributed by atoms with E-state index in [0.29, 0.717) is 19.3 Å². The molecular formula is C66H114O6. The van der Waals surface area contributed by atoms with Crippen LogP contribution in [0.2, 0.25) is 0 Å². The lowest BCUT2D eigenvalue weighted by molar-refractivity contribution is -0.167. The Balaban J connectivity index is 4.23. The molecule has 0 aromatic rings. The molecule has 0 heterocycles. The number of hydrogen-bond donors (Lipinski definition) is 0. The number of rotatable bonds is 55. The lowest BCUT2D eigenvalue weighted by Gasteiger charge is -2.18. The normalized spacial score (nSPS) is 12.7. The Bertz CT molecular complexity index is 1380. The van der Waals surface area contributed by atoms with Gasteiger partial charge in [-0.3, -0.25) is 14.4 Å². The van der Waals surface area contributed by atoms with Crippen LogP contribution < -0.4 is 0 Å². The molecule has 414 valence electrons. The summed E-state index contributed by atoms with van der Waals surface area (Å²) >= 11 is 0. The van der Waals surface area contributed by atoms with Gasteiger partial charge in [0.1, 0.15) is 13.2 Å². The Morgan fingerprint density at radius 3 is 0.847 bits per heavy atom. The number of allylic oxidation sites excluding steroid dienone is 14. The monoisotopic (exact) mass is 1000 g/mol. The summed E-state index contributed by atoms with van der Waals surface area (Å²) in [5.41, 5.74) is 0. The van der Waals surface area contributed by atoms with Gasteiger partial charge in [-0.15, -0.1) is 0 Å². The SMILES string of the molecule is CC/C=C\C/C=C\C/C=C\C/C=C\CCCCCCCCCCCCC(=O)OCC(COC(=O)CCCCCCCCCC)OC(=O)CCCCCCCCCC/C=C\C/C=C\C/C=C\CCCCCCC. The number of ether oxygens (including phenoxy) is 3. The molecule has 0 aromatic heterocycles. The molecule has 0 aliphatic rings. The largest absolute Gasteiger partial charge is 0.462 e. The first-order valence-corrected chi connectivity index (χ1v) is 30.6. The number of unbranched alkanes of at least 4 members (excludes halogenated alkanes) is 30. The maximum absolute atomic E-state index is 12.9. The predicted octanol–water partition coefficient (Wildman–Crippen LogP) is 20.7. The van der Waals surface area contributed by atoms with E-state index >= 15 is 0 Å². The van der Waals surface area contributed by atoms with E-state index in [1.165, 1.54) is 154 Å². The fourth-order valence-corrected chi connectivity index (χ4v) is 8.56. The molecule has 0 saturated carbocycles. The fraction of sp³-hybridized carbons (Fsp3) is 0.742. The minimum absolute atomic E-state index is 0.0792. The van der Waals surface area contributed by atoms with Crippen LogP contribution in [0.4, 0.5) is 0 Å². The third kappa shape index (κ3) is 57.5. The lowest BCUT2D eigenvalue weighted by Crippen LogP contribution is -2.30. The third-order valence-electron chi connectivity index (χ3n) is 13.1. The molecule has 0 saturated heterocycles. The van der Waals surface area contributed by atoms with Crippen molar-refractivity contribution in [1.82, 2.24) is 0 Å². The predicted molar refractivity (Wildman–Crippen MR) is 311 cm³/mol. The molecule has 1 atom stereocenters. The summed E-state index contributed by atoms with van der Waals surface area (Å²) < 4.78 is 16.8. The summed E-state index contributed by atoms with van der Waals surface area (Å²) in [6.07, 6.45) is 78.8. The zero-order valence-corrected chi connectivity index (χ0v) is 47.4. The second-order valence-corrected chi connectivity index (χ2v) is 20.2. The molecule has 0 N–H and O–H groups in total. The van der Waals surface area contributed by atoms with Crippen LogP contribution in [-0.4, -0.2) is 37.2 Å². The Kier molecular flexibility index (Phi) is 57.3. The smallest absolute Gasteiger partial charge is 0.306 e. The van der Waals surface area contributed by atoms with Crippen LogP contribution in [0.3, 0.4) is 0 Å². The van der Waals surface area contributed by atoms with Crippen molar-refractivity contribution in [2.24, 2.45) is 0 Å². The quantitative estimate of drug-likeness (QED) is 0.0261. The second-order valence-electron chi connectivity index (χ2n) is 20.2. The van der Waals surface area contributed by atoms with Crippen LogP contribution in [0, 0.1) is 0 Å². The lowest BCUT2D eigenvalue weighted by atomic mass is 10.1. The molecule has 6 heteroatoms. The van der Waals surface area contributed by atoms with Crippen LogP contribution >= 0.6 is 0 Å². The zero-order chi connectivity index (χ0) is 52.2. The average molecular weight is 1000 g/mol. The second kappa shape index (κ2) is 60.1. The van der Waals surface area contributed by atoms with Crippen LogP contribution in [0.25, 0.3) is 0 Å². The highest BCUT2D eigenvalue weighted by molar-refractivity contribution is 5.71. The maximum atomic E-state index is 12.9. The van der Waals surface area contributed by atoms with E-state index in [0.717, 1.165) is 103 Å². The van der Waals surface area contributed by atoms with Crippen molar-refractivity contribution in [2.45, 2.75) is 303 Å². The summed E-state index contributed by atoms with van der Waals surface area (Å²) in [7, 11) is 0. The van der Waals surface area contributed by atoms with Gasteiger partial charge >= 0.3 is 17.9 Å². The third-order valence-corrected chi connectivity index (χ3v) is 13.1. The number of hydrogen-bond acceptors (Lipinski definition) is 6. The molecule has 0 fully saturated rings. The van der Waals surface area contributed by atoms with Gasteiger partial charge in [0.25, 0.3) is 0 Å². The topological polar surface area (TPSA) is 78.9 Å². The highest BCUT2D eigenvalue weighted by Gasteiger charge is 2.19. The van der Waals surface area contributed by atoms with E-state index in [-0.39, 0.29) is 31.1 Å². The standard InChI is InChI=1S/C66H114O6/c1-4-7-10-13-16-19-21-23-25-27-29-31-33-35-37-39-41-43-45-47-50-53-56-59-65(68)71-62-63(61-70-64(67)58-55-52-49-18-15-12-9-6-3)72-66(69)60-57-54-51-48-46-44-42-40-38-36-34-32-30-28-26-24-22-20-17-14-11-8-5-2/h7,10,16,19,22-25,28-31,34,36,63H,4-6,8-9,11-15,17-18,20-21,26-27,32-33,35,37-62H2,1-3H3/b10-7-,19-16-,24-22-,25-23-,30-28-,31-29-,36-34-. The average Bonchev–Trinajstić information content (AvgIpc) is 3.38. The van der Waals surface area contributed by atoms with Crippen molar-refractivity contribution in [1.29, 1.82) is 0 Å². The minimum Gasteiger partial charge on any atom is -0.462 e. The van der Waals surface area contributed by atoms with Gasteiger partial charge < -0.3 is 14.2 Å². The molecule has 0 radical (unpaired) electrons. The summed E-state index contributed by atoms with van der Waals surface area (Å²) in [6, 6.07) is 0. The summed E-state index contributed by atoms with van der Waals surface area (Å²) in [5, 5.41) is 0. The van der Waals surface area contributed by atoms with E-state index in [1.54, 1.807) is 0 Å². The number of carbonyl (C=O) groups is 3. The van der Waals surface area contributed by atoms with E-state index in [2.05, 4.69) is 106 Å². The van der Waals surface area contributed by atoms with E-state index < -0.39 is 6.10 Å².